The number of benzene rings is 1. The summed E-state index contributed by atoms with van der Waals surface area (Å²) in [5.41, 5.74) is 1.83. The second-order valence-electron chi connectivity index (χ2n) is 7.53. The molecule has 0 saturated carbocycles. The highest BCUT2D eigenvalue weighted by molar-refractivity contribution is 7.16. The molecule has 3 aromatic heterocycles. The van der Waals surface area contributed by atoms with Crippen LogP contribution in [0.3, 0.4) is 0 Å². The van der Waals surface area contributed by atoms with Crippen molar-refractivity contribution in [2.75, 3.05) is 6.54 Å². The van der Waals surface area contributed by atoms with Gasteiger partial charge in [-0.25, -0.2) is 9.97 Å². The Labute approximate surface area is 219 Å². The van der Waals surface area contributed by atoms with Crippen LogP contribution in [-0.2, 0) is 6.42 Å². The van der Waals surface area contributed by atoms with Crippen molar-refractivity contribution in [3.05, 3.63) is 85.4 Å². The molecule has 0 aliphatic carbocycles. The first kappa shape index (κ1) is 25.2. The molecular formula is C25H19Cl2N3O3S2. The summed E-state index contributed by atoms with van der Waals surface area (Å²) >= 11 is 14.6. The molecule has 1 N–H and O–H groups in total. The highest BCUT2D eigenvalue weighted by Gasteiger charge is 2.17. The van der Waals surface area contributed by atoms with Crippen LogP contribution < -0.4 is 0 Å². The standard InChI is InChI=1S/C25H19Cl2N3O3S2/c1-14(16-13-34-25(24(16)33)15-3-4-17(26)18(27)11-15)30-12-20(32)22-7-6-21(35-22)19(31)5-8-23-28-9-2-10-29-23/h2-4,6-7,9-11,13,33H,5,8,12H2,1H3. The monoisotopic (exact) mass is 543 g/mol. The number of thiophene rings is 2. The molecule has 10 heteroatoms. The molecule has 0 atom stereocenters. The van der Waals surface area contributed by atoms with Crippen molar-refractivity contribution in [1.82, 2.24) is 9.97 Å². The molecule has 1 aromatic carbocycles. The molecule has 0 aliphatic rings. The fourth-order valence-electron chi connectivity index (χ4n) is 3.25. The van der Waals surface area contributed by atoms with Crippen LogP contribution in [0.1, 0.15) is 44.1 Å². The average molecular weight is 544 g/mol. The number of nitrogens with zero attached hydrogens (tertiary/aromatic N) is 3. The summed E-state index contributed by atoms with van der Waals surface area (Å²) in [5.74, 6) is 0.435. The summed E-state index contributed by atoms with van der Waals surface area (Å²) < 4.78 is 0. The molecule has 0 bridgehead atoms. The molecular weight excluding hydrogens is 525 g/mol. The predicted octanol–water partition coefficient (Wildman–Crippen LogP) is 6.79. The van der Waals surface area contributed by atoms with E-state index in [2.05, 4.69) is 15.0 Å². The van der Waals surface area contributed by atoms with Crippen LogP contribution in [-0.4, -0.2) is 38.9 Å². The summed E-state index contributed by atoms with van der Waals surface area (Å²) in [5, 5.41) is 13.3. The van der Waals surface area contributed by atoms with Crippen molar-refractivity contribution in [2.24, 2.45) is 4.99 Å². The van der Waals surface area contributed by atoms with E-state index in [-0.39, 0.29) is 30.3 Å². The number of Topliss-reactive ketones (excluding diaryl/α,β-unsaturated/α-hetero) is 2. The lowest BCUT2D eigenvalue weighted by Gasteiger charge is -2.03. The van der Waals surface area contributed by atoms with Gasteiger partial charge in [0.15, 0.2) is 11.6 Å². The van der Waals surface area contributed by atoms with E-state index in [1.807, 2.05) is 0 Å². The Kier molecular flexibility index (Phi) is 8.07. The number of ketones is 2. The average Bonchev–Trinajstić information content (AvgIpc) is 3.51. The normalized spacial score (nSPS) is 11.6. The van der Waals surface area contributed by atoms with Crippen LogP contribution in [0.15, 0.2) is 59.2 Å². The summed E-state index contributed by atoms with van der Waals surface area (Å²) in [6.07, 6.45) is 4.00. The second-order valence-corrected chi connectivity index (χ2v) is 10.3. The number of hydrogen-bond donors (Lipinski definition) is 1. The van der Waals surface area contributed by atoms with Crippen molar-refractivity contribution < 1.29 is 14.7 Å². The van der Waals surface area contributed by atoms with Crippen molar-refractivity contribution in [3.8, 4) is 16.2 Å². The van der Waals surface area contributed by atoms with Crippen LogP contribution in [0.2, 0.25) is 10.0 Å². The highest BCUT2D eigenvalue weighted by atomic mass is 35.5. The number of halogens is 2. The topological polar surface area (TPSA) is 92.5 Å². The number of aliphatic imine (C=N–C) groups is 1. The first-order chi connectivity index (χ1) is 16.8. The molecule has 0 aliphatic heterocycles. The SMILES string of the molecule is CC(=NCC(=O)c1ccc(C(=O)CCc2ncccn2)s1)c1csc(-c2ccc(Cl)c(Cl)c2)c1O. The number of aromatic nitrogens is 2. The summed E-state index contributed by atoms with van der Waals surface area (Å²) in [6.45, 7) is 1.65. The maximum atomic E-state index is 12.7. The van der Waals surface area contributed by atoms with Gasteiger partial charge in [0.2, 0.25) is 0 Å². The fraction of sp³-hybridized carbons (Fsp3) is 0.160. The quantitative estimate of drug-likeness (QED) is 0.185. The smallest absolute Gasteiger partial charge is 0.194 e. The van der Waals surface area contributed by atoms with Gasteiger partial charge in [0.05, 0.1) is 24.7 Å². The van der Waals surface area contributed by atoms with Gasteiger partial charge in [-0.05, 0) is 42.8 Å². The molecule has 0 unspecified atom stereocenters. The lowest BCUT2D eigenvalue weighted by atomic mass is 10.1. The molecule has 4 aromatic rings. The van der Waals surface area contributed by atoms with Gasteiger partial charge in [0.25, 0.3) is 0 Å². The number of carbonyl (C=O) groups is 2. The van der Waals surface area contributed by atoms with Gasteiger partial charge >= 0.3 is 0 Å². The third kappa shape index (κ3) is 6.02. The van der Waals surface area contributed by atoms with E-state index in [1.165, 1.54) is 11.3 Å². The van der Waals surface area contributed by atoms with Crippen LogP contribution in [0.4, 0.5) is 0 Å². The van der Waals surface area contributed by atoms with Gasteiger partial charge in [0, 0.05) is 41.9 Å². The lowest BCUT2D eigenvalue weighted by Crippen LogP contribution is -2.04. The number of carbonyl (C=O) groups excluding carboxylic acids is 2. The molecule has 0 saturated heterocycles. The van der Waals surface area contributed by atoms with Crippen molar-refractivity contribution in [1.29, 1.82) is 0 Å². The Hall–Kier alpha value is -2.91. The fourth-order valence-corrected chi connectivity index (χ4v) is 5.45. The lowest BCUT2D eigenvalue weighted by molar-refractivity contribution is 0.0984. The molecule has 0 spiro atoms. The minimum Gasteiger partial charge on any atom is -0.506 e. The molecule has 3 heterocycles. The first-order valence-corrected chi connectivity index (χ1v) is 13.0. The van der Waals surface area contributed by atoms with Crippen LogP contribution in [0.25, 0.3) is 10.4 Å². The van der Waals surface area contributed by atoms with E-state index in [0.717, 1.165) is 16.9 Å². The number of aryl methyl sites for hydroxylation is 1. The Balaban J connectivity index is 1.40. The summed E-state index contributed by atoms with van der Waals surface area (Å²) in [7, 11) is 0. The van der Waals surface area contributed by atoms with E-state index in [4.69, 9.17) is 23.2 Å². The number of aromatic hydroxyl groups is 1. The van der Waals surface area contributed by atoms with Gasteiger partial charge in [0.1, 0.15) is 18.1 Å². The third-order valence-corrected chi connectivity index (χ3v) is 8.07. The molecule has 0 fully saturated rings. The minimum absolute atomic E-state index is 0.0563. The van der Waals surface area contributed by atoms with Gasteiger partial charge in [-0.15, -0.1) is 22.7 Å². The van der Waals surface area contributed by atoms with Crippen LogP contribution in [0.5, 0.6) is 5.75 Å². The first-order valence-electron chi connectivity index (χ1n) is 10.5. The molecule has 178 valence electrons. The Bertz CT molecular complexity index is 1410. The molecule has 0 radical (unpaired) electrons. The zero-order valence-electron chi connectivity index (χ0n) is 18.5. The zero-order valence-corrected chi connectivity index (χ0v) is 21.6. The maximum absolute atomic E-state index is 12.7. The Morgan fingerprint density at radius 1 is 1.03 bits per heavy atom. The Morgan fingerprint density at radius 3 is 2.46 bits per heavy atom. The number of hydrogen-bond acceptors (Lipinski definition) is 8. The third-order valence-electron chi connectivity index (χ3n) is 5.15. The predicted molar refractivity (Wildman–Crippen MR) is 142 cm³/mol. The van der Waals surface area contributed by atoms with Gasteiger partial charge in [-0.1, -0.05) is 29.3 Å². The van der Waals surface area contributed by atoms with Crippen molar-refractivity contribution in [2.45, 2.75) is 19.8 Å². The van der Waals surface area contributed by atoms with Crippen molar-refractivity contribution >= 4 is 63.2 Å². The largest absolute Gasteiger partial charge is 0.506 e. The van der Waals surface area contributed by atoms with Gasteiger partial charge in [-0.2, -0.15) is 0 Å². The summed E-state index contributed by atoms with van der Waals surface area (Å²) in [6, 6.07) is 10.2. The van der Waals surface area contributed by atoms with Gasteiger partial charge < -0.3 is 5.11 Å². The molecule has 4 rings (SSSR count). The van der Waals surface area contributed by atoms with E-state index >= 15 is 0 Å². The molecule has 6 nitrogen and oxygen atoms in total. The second kappa shape index (κ2) is 11.2. The van der Waals surface area contributed by atoms with E-state index in [0.29, 0.717) is 48.2 Å². The van der Waals surface area contributed by atoms with Crippen LogP contribution in [0, 0.1) is 0 Å². The van der Waals surface area contributed by atoms with Gasteiger partial charge in [-0.3, -0.25) is 14.6 Å². The maximum Gasteiger partial charge on any atom is 0.194 e. The molecule has 0 amide bonds. The highest BCUT2D eigenvalue weighted by Crippen LogP contribution is 2.40. The zero-order chi connectivity index (χ0) is 24.9. The summed E-state index contributed by atoms with van der Waals surface area (Å²) in [4.78, 5) is 39.4. The Morgan fingerprint density at radius 2 is 1.74 bits per heavy atom. The minimum atomic E-state index is -0.195. The van der Waals surface area contributed by atoms with Crippen LogP contribution >= 0.6 is 45.9 Å². The van der Waals surface area contributed by atoms with Crippen molar-refractivity contribution in [3.63, 3.8) is 0 Å². The van der Waals surface area contributed by atoms with E-state index < -0.39 is 0 Å². The molecule has 35 heavy (non-hydrogen) atoms. The van der Waals surface area contributed by atoms with E-state index in [1.54, 1.807) is 61.1 Å². The van der Waals surface area contributed by atoms with E-state index in [9.17, 15) is 14.7 Å². The number of rotatable bonds is 9.